The summed E-state index contributed by atoms with van der Waals surface area (Å²) in [5.74, 6) is -0.791. The Morgan fingerprint density at radius 1 is 1.54 bits per heavy atom. The number of fused-ring (bicyclic) bond motifs is 1. The molecule has 0 aromatic heterocycles. The van der Waals surface area contributed by atoms with Gasteiger partial charge in [0, 0.05) is 12.6 Å². The maximum Gasteiger partial charge on any atom is 0.307 e. The van der Waals surface area contributed by atoms with E-state index in [9.17, 15) is 4.79 Å². The number of hydrogen-bond donors (Lipinski definition) is 1. The number of hydrogen-bond acceptors (Lipinski definition) is 2. The summed E-state index contributed by atoms with van der Waals surface area (Å²) in [6, 6.07) is 5.60. The van der Waals surface area contributed by atoms with Gasteiger partial charge in [0.2, 0.25) is 0 Å². The van der Waals surface area contributed by atoms with E-state index in [-0.39, 0.29) is 6.42 Å². The summed E-state index contributed by atoms with van der Waals surface area (Å²) in [6.07, 6.45) is 2.67. The van der Waals surface area contributed by atoms with Crippen LogP contribution >= 0.6 is 0 Å². The Morgan fingerprint density at radius 2 is 2.38 bits per heavy atom. The molecule has 0 atom stereocenters. The van der Waals surface area contributed by atoms with Crippen LogP contribution in [0.1, 0.15) is 11.1 Å². The van der Waals surface area contributed by atoms with Crippen LogP contribution in [0.4, 0.5) is 5.69 Å². The van der Waals surface area contributed by atoms with Crippen molar-refractivity contribution < 1.29 is 9.90 Å². The number of rotatable bonds is 2. The van der Waals surface area contributed by atoms with Crippen molar-refractivity contribution in [3.63, 3.8) is 0 Å². The molecule has 3 heteroatoms. The Bertz CT molecular complexity index is 383. The first-order chi connectivity index (χ1) is 6.27. The first-order valence-electron chi connectivity index (χ1n) is 4.12. The highest BCUT2D eigenvalue weighted by Crippen LogP contribution is 2.27. The monoisotopic (exact) mass is 175 g/mol. The molecule has 1 aliphatic rings. The minimum absolute atomic E-state index is 0.0898. The molecule has 0 unspecified atom stereocenters. The molecule has 1 aliphatic heterocycles. The first kappa shape index (κ1) is 7.98. The Hall–Kier alpha value is -1.64. The molecule has 1 aromatic rings. The van der Waals surface area contributed by atoms with E-state index in [1.165, 1.54) is 0 Å². The predicted molar refractivity (Wildman–Crippen MR) is 49.6 cm³/mol. The van der Waals surface area contributed by atoms with Crippen molar-refractivity contribution in [3.05, 3.63) is 29.3 Å². The molecule has 1 heterocycles. The summed E-state index contributed by atoms with van der Waals surface area (Å²) in [6.45, 7) is 0. The third-order valence-electron chi connectivity index (χ3n) is 2.12. The maximum absolute atomic E-state index is 10.5. The van der Waals surface area contributed by atoms with Crippen molar-refractivity contribution in [3.8, 4) is 0 Å². The number of aliphatic imine (C=N–C) groups is 1. The average Bonchev–Trinajstić information content (AvgIpc) is 2.51. The molecule has 2 rings (SSSR count). The number of benzene rings is 1. The van der Waals surface area contributed by atoms with E-state index >= 15 is 0 Å². The summed E-state index contributed by atoms with van der Waals surface area (Å²) in [7, 11) is 0. The fraction of sp³-hybridized carbons (Fsp3) is 0.200. The van der Waals surface area contributed by atoms with Crippen LogP contribution in [0.3, 0.4) is 0 Å². The summed E-state index contributed by atoms with van der Waals surface area (Å²) in [5.41, 5.74) is 2.85. The van der Waals surface area contributed by atoms with Crippen molar-refractivity contribution in [1.29, 1.82) is 0 Å². The van der Waals surface area contributed by atoms with Crippen molar-refractivity contribution in [2.75, 3.05) is 0 Å². The number of carboxylic acid groups (broad SMARTS) is 1. The summed E-state index contributed by atoms with van der Waals surface area (Å²) >= 11 is 0. The van der Waals surface area contributed by atoms with Gasteiger partial charge >= 0.3 is 5.97 Å². The van der Waals surface area contributed by atoms with Gasteiger partial charge in [0.05, 0.1) is 12.1 Å². The lowest BCUT2D eigenvalue weighted by Crippen LogP contribution is -2.02. The standard InChI is InChI=1S/C10H9NO2/c12-10(13)6-7-2-1-3-9-8(7)4-5-11-9/h1-3,5H,4,6H2,(H,12,13). The number of nitrogens with zero attached hydrogens (tertiary/aromatic N) is 1. The Labute approximate surface area is 75.7 Å². The van der Waals surface area contributed by atoms with Gasteiger partial charge < -0.3 is 5.11 Å². The summed E-state index contributed by atoms with van der Waals surface area (Å²) < 4.78 is 0. The number of aliphatic carboxylic acids is 1. The van der Waals surface area contributed by atoms with Crippen LogP contribution in [-0.2, 0) is 17.6 Å². The van der Waals surface area contributed by atoms with Crippen LogP contribution in [0, 0.1) is 0 Å². The van der Waals surface area contributed by atoms with E-state index in [0.717, 1.165) is 23.2 Å². The fourth-order valence-corrected chi connectivity index (χ4v) is 1.54. The second-order valence-corrected chi connectivity index (χ2v) is 3.00. The van der Waals surface area contributed by atoms with E-state index in [2.05, 4.69) is 4.99 Å². The molecule has 0 bridgehead atoms. The van der Waals surface area contributed by atoms with Gasteiger partial charge in [-0.05, 0) is 17.2 Å². The van der Waals surface area contributed by atoms with Crippen LogP contribution in [0.2, 0.25) is 0 Å². The Kier molecular flexibility index (Phi) is 1.85. The van der Waals surface area contributed by atoms with Gasteiger partial charge in [-0.1, -0.05) is 12.1 Å². The molecule has 0 aliphatic carbocycles. The molecule has 13 heavy (non-hydrogen) atoms. The van der Waals surface area contributed by atoms with Crippen molar-refractivity contribution >= 4 is 17.9 Å². The van der Waals surface area contributed by atoms with Crippen LogP contribution in [0.15, 0.2) is 23.2 Å². The molecular formula is C10H9NO2. The van der Waals surface area contributed by atoms with E-state index in [0.29, 0.717) is 0 Å². The highest BCUT2D eigenvalue weighted by Gasteiger charge is 2.12. The van der Waals surface area contributed by atoms with Gasteiger partial charge in [-0.2, -0.15) is 0 Å². The average molecular weight is 175 g/mol. The quantitative estimate of drug-likeness (QED) is 0.741. The van der Waals surface area contributed by atoms with Gasteiger partial charge in [-0.3, -0.25) is 9.79 Å². The fourth-order valence-electron chi connectivity index (χ4n) is 1.54. The number of carboxylic acids is 1. The smallest absolute Gasteiger partial charge is 0.307 e. The highest BCUT2D eigenvalue weighted by molar-refractivity contribution is 5.79. The topological polar surface area (TPSA) is 49.7 Å². The van der Waals surface area contributed by atoms with Gasteiger partial charge in [-0.25, -0.2) is 0 Å². The lowest BCUT2D eigenvalue weighted by Gasteiger charge is -2.03. The molecule has 0 spiro atoms. The third-order valence-corrected chi connectivity index (χ3v) is 2.12. The number of carbonyl (C=O) groups is 1. The van der Waals surface area contributed by atoms with Gasteiger partial charge in [0.15, 0.2) is 0 Å². The lowest BCUT2D eigenvalue weighted by molar-refractivity contribution is -0.136. The highest BCUT2D eigenvalue weighted by atomic mass is 16.4. The normalized spacial score (nSPS) is 12.9. The van der Waals surface area contributed by atoms with Crippen molar-refractivity contribution in [2.45, 2.75) is 12.8 Å². The van der Waals surface area contributed by atoms with Crippen LogP contribution < -0.4 is 0 Å². The van der Waals surface area contributed by atoms with E-state index in [4.69, 9.17) is 5.11 Å². The second-order valence-electron chi connectivity index (χ2n) is 3.00. The molecule has 0 fully saturated rings. The Morgan fingerprint density at radius 3 is 3.15 bits per heavy atom. The molecule has 0 amide bonds. The zero-order valence-corrected chi connectivity index (χ0v) is 7.03. The van der Waals surface area contributed by atoms with Gasteiger partial charge in [0.25, 0.3) is 0 Å². The molecular weight excluding hydrogens is 166 g/mol. The van der Waals surface area contributed by atoms with Crippen LogP contribution in [-0.4, -0.2) is 17.3 Å². The summed E-state index contributed by atoms with van der Waals surface area (Å²) in [5, 5.41) is 8.66. The molecule has 1 N–H and O–H groups in total. The molecule has 1 aromatic carbocycles. The predicted octanol–water partition coefficient (Wildman–Crippen LogP) is 1.57. The zero-order chi connectivity index (χ0) is 9.26. The zero-order valence-electron chi connectivity index (χ0n) is 7.03. The Balaban J connectivity index is 2.38. The van der Waals surface area contributed by atoms with Gasteiger partial charge in [0.1, 0.15) is 0 Å². The van der Waals surface area contributed by atoms with E-state index in [1.54, 1.807) is 0 Å². The maximum atomic E-state index is 10.5. The van der Waals surface area contributed by atoms with E-state index < -0.39 is 5.97 Å². The third kappa shape index (κ3) is 1.45. The van der Waals surface area contributed by atoms with E-state index in [1.807, 2.05) is 24.4 Å². The minimum atomic E-state index is -0.791. The molecule has 3 nitrogen and oxygen atoms in total. The molecule has 0 radical (unpaired) electrons. The molecule has 66 valence electrons. The first-order valence-corrected chi connectivity index (χ1v) is 4.12. The SMILES string of the molecule is O=C(O)Cc1cccc2c1CC=N2. The minimum Gasteiger partial charge on any atom is -0.481 e. The summed E-state index contributed by atoms with van der Waals surface area (Å²) in [4.78, 5) is 14.7. The lowest BCUT2D eigenvalue weighted by atomic mass is 10.0. The van der Waals surface area contributed by atoms with Crippen LogP contribution in [0.25, 0.3) is 0 Å². The van der Waals surface area contributed by atoms with Gasteiger partial charge in [-0.15, -0.1) is 0 Å². The second kappa shape index (κ2) is 3.01. The molecule has 0 saturated heterocycles. The van der Waals surface area contributed by atoms with Crippen molar-refractivity contribution in [2.24, 2.45) is 4.99 Å². The largest absolute Gasteiger partial charge is 0.481 e. The van der Waals surface area contributed by atoms with Crippen molar-refractivity contribution in [1.82, 2.24) is 0 Å². The van der Waals surface area contributed by atoms with Crippen LogP contribution in [0.5, 0.6) is 0 Å². The molecule has 0 saturated carbocycles.